The van der Waals surface area contributed by atoms with E-state index in [-0.39, 0.29) is 5.91 Å². The molecule has 0 spiro atoms. The summed E-state index contributed by atoms with van der Waals surface area (Å²) < 4.78 is 12.6. The topological polar surface area (TPSA) is 51.1 Å². The second-order valence-corrected chi connectivity index (χ2v) is 9.79. The lowest BCUT2D eigenvalue weighted by Gasteiger charge is -2.18. The molecular weight excluding hydrogens is 536 g/mol. The van der Waals surface area contributed by atoms with Crippen molar-refractivity contribution in [2.45, 2.75) is 0 Å². The van der Waals surface area contributed by atoms with Gasteiger partial charge in [-0.1, -0.05) is 57.9 Å². The fourth-order valence-electron chi connectivity index (χ4n) is 3.78. The number of rotatable bonds is 5. The Morgan fingerprint density at radius 2 is 1.79 bits per heavy atom. The number of nitrogens with zero attached hydrogens (tertiary/aromatic N) is 2. The fraction of sp³-hybridized carbons (Fsp3) is 0.0769. The fourth-order valence-corrected chi connectivity index (χ4v) is 5.66. The minimum atomic E-state index is -0.239. The molecule has 0 aliphatic carbocycles. The van der Waals surface area contributed by atoms with Gasteiger partial charge in [0.25, 0.3) is 5.91 Å². The van der Waals surface area contributed by atoms with Gasteiger partial charge in [-0.05, 0) is 48.0 Å². The molecule has 5 rings (SSSR count). The maximum Gasteiger partial charge on any atom is 0.282 e. The van der Waals surface area contributed by atoms with Crippen LogP contribution in [0.3, 0.4) is 0 Å². The van der Waals surface area contributed by atoms with Crippen molar-refractivity contribution in [2.75, 3.05) is 19.1 Å². The van der Waals surface area contributed by atoms with Gasteiger partial charge in [0, 0.05) is 14.6 Å². The molecule has 0 atom stereocenters. The molecule has 1 aliphatic rings. The quantitative estimate of drug-likeness (QED) is 0.246. The van der Waals surface area contributed by atoms with Crippen molar-refractivity contribution >= 4 is 72.5 Å². The van der Waals surface area contributed by atoms with E-state index in [0.717, 1.165) is 25.0 Å². The predicted octanol–water partition coefficient (Wildman–Crippen LogP) is 7.17. The first kappa shape index (κ1) is 22.7. The average Bonchev–Trinajstić information content (AvgIpc) is 3.35. The number of amides is 1. The van der Waals surface area contributed by atoms with Crippen molar-refractivity contribution < 1.29 is 14.3 Å². The zero-order valence-corrected chi connectivity index (χ0v) is 21.4. The number of fused-ring (bicyclic) bond motifs is 1. The van der Waals surface area contributed by atoms with E-state index < -0.39 is 0 Å². The number of aliphatic imine (C=N–C) groups is 1. The molecule has 1 amide bonds. The van der Waals surface area contributed by atoms with Gasteiger partial charge < -0.3 is 9.47 Å². The molecular formula is C26H18BrClN2O3S. The van der Waals surface area contributed by atoms with Crippen LogP contribution in [0, 0.1) is 0 Å². The molecule has 8 heteroatoms. The number of carbonyl (C=O) groups is 1. The van der Waals surface area contributed by atoms with Crippen molar-refractivity contribution in [3.8, 4) is 11.5 Å². The summed E-state index contributed by atoms with van der Waals surface area (Å²) in [6, 6.07) is 20.9. The summed E-state index contributed by atoms with van der Waals surface area (Å²) in [6.07, 6.45) is 1.74. The summed E-state index contributed by atoms with van der Waals surface area (Å²) in [5.41, 5.74) is 1.76. The molecule has 4 aromatic rings. The van der Waals surface area contributed by atoms with Crippen molar-refractivity contribution in [1.29, 1.82) is 0 Å². The first-order chi connectivity index (χ1) is 16.5. The highest BCUT2D eigenvalue weighted by Crippen LogP contribution is 2.40. The molecule has 0 N–H and O–H groups in total. The second kappa shape index (κ2) is 9.25. The van der Waals surface area contributed by atoms with Crippen LogP contribution in [0.15, 0.2) is 81.9 Å². The third-order valence-corrected chi connectivity index (χ3v) is 7.54. The molecule has 34 heavy (non-hydrogen) atoms. The van der Waals surface area contributed by atoms with E-state index in [1.165, 1.54) is 11.3 Å². The lowest BCUT2D eigenvalue weighted by atomic mass is 10.1. The Balaban J connectivity index is 1.67. The number of ether oxygens (including phenoxy) is 2. The van der Waals surface area contributed by atoms with Gasteiger partial charge in [0.1, 0.15) is 5.70 Å². The summed E-state index contributed by atoms with van der Waals surface area (Å²) in [4.78, 5) is 20.8. The van der Waals surface area contributed by atoms with Gasteiger partial charge in [0.05, 0.1) is 29.8 Å². The van der Waals surface area contributed by atoms with Gasteiger partial charge in [-0.25, -0.2) is 4.99 Å². The maximum absolute atomic E-state index is 13.6. The summed E-state index contributed by atoms with van der Waals surface area (Å²) in [5, 5.41) is 1.52. The minimum absolute atomic E-state index is 0.239. The van der Waals surface area contributed by atoms with E-state index in [9.17, 15) is 4.79 Å². The van der Waals surface area contributed by atoms with E-state index in [4.69, 9.17) is 26.1 Å². The third kappa shape index (κ3) is 4.00. The van der Waals surface area contributed by atoms with Crippen LogP contribution in [-0.2, 0) is 4.79 Å². The van der Waals surface area contributed by atoms with Gasteiger partial charge >= 0.3 is 0 Å². The van der Waals surface area contributed by atoms with Gasteiger partial charge in [0.2, 0.25) is 0 Å². The molecule has 5 nitrogen and oxygen atoms in total. The smallest absolute Gasteiger partial charge is 0.282 e. The van der Waals surface area contributed by atoms with E-state index in [1.807, 2.05) is 60.7 Å². The van der Waals surface area contributed by atoms with Gasteiger partial charge in [0.15, 0.2) is 17.3 Å². The van der Waals surface area contributed by atoms with Gasteiger partial charge in [-0.2, -0.15) is 0 Å². The number of methoxy groups -OCH3 is 2. The van der Waals surface area contributed by atoms with Crippen LogP contribution in [0.4, 0.5) is 5.69 Å². The van der Waals surface area contributed by atoms with Crippen LogP contribution >= 0.6 is 38.9 Å². The maximum atomic E-state index is 13.6. The molecule has 0 saturated carbocycles. The third-order valence-electron chi connectivity index (χ3n) is 5.38. The normalized spacial score (nSPS) is 14.7. The molecule has 2 heterocycles. The predicted molar refractivity (Wildman–Crippen MR) is 143 cm³/mol. The van der Waals surface area contributed by atoms with E-state index in [0.29, 0.717) is 33.7 Å². The number of carbonyl (C=O) groups excluding carboxylic acids is 1. The van der Waals surface area contributed by atoms with Gasteiger partial charge in [-0.15, -0.1) is 11.3 Å². The summed E-state index contributed by atoms with van der Waals surface area (Å²) in [5.74, 6) is 1.44. The number of amidine groups is 1. The van der Waals surface area contributed by atoms with Crippen LogP contribution in [0.1, 0.15) is 10.4 Å². The first-order valence-electron chi connectivity index (χ1n) is 10.3. The molecule has 1 aliphatic heterocycles. The lowest BCUT2D eigenvalue weighted by molar-refractivity contribution is -0.113. The summed E-state index contributed by atoms with van der Waals surface area (Å²) in [7, 11) is 3.15. The van der Waals surface area contributed by atoms with Crippen molar-refractivity contribution in [3.63, 3.8) is 0 Å². The zero-order valence-electron chi connectivity index (χ0n) is 18.2. The summed E-state index contributed by atoms with van der Waals surface area (Å²) in [6.45, 7) is 0. The van der Waals surface area contributed by atoms with Crippen molar-refractivity contribution in [3.05, 3.63) is 92.4 Å². The Hall–Kier alpha value is -3.13. The number of hydrogen-bond donors (Lipinski definition) is 0. The van der Waals surface area contributed by atoms with Crippen LogP contribution in [0.5, 0.6) is 11.5 Å². The SMILES string of the molecule is COc1ccc(/C=C2/N=C(c3sc4ccccc4c3Cl)N(c3cccc(Br)c3)C2=O)cc1OC. The number of thiophene rings is 1. The molecule has 0 unspecified atom stereocenters. The molecule has 170 valence electrons. The molecule has 0 fully saturated rings. The number of halogens is 2. The Morgan fingerprint density at radius 3 is 2.53 bits per heavy atom. The van der Waals surface area contributed by atoms with Crippen LogP contribution < -0.4 is 14.4 Å². The lowest BCUT2D eigenvalue weighted by Crippen LogP contribution is -2.32. The van der Waals surface area contributed by atoms with Crippen molar-refractivity contribution in [1.82, 2.24) is 0 Å². The Morgan fingerprint density at radius 1 is 1.00 bits per heavy atom. The molecule has 1 aromatic heterocycles. The van der Waals surface area contributed by atoms with E-state index in [1.54, 1.807) is 31.3 Å². The number of anilines is 1. The van der Waals surface area contributed by atoms with E-state index >= 15 is 0 Å². The van der Waals surface area contributed by atoms with Crippen LogP contribution in [0.25, 0.3) is 16.2 Å². The standard InChI is InChI=1S/C26H18BrClN2O3S/c1-32-20-11-10-15(13-21(20)33-2)12-19-26(31)30(17-7-5-6-16(27)14-17)25(29-19)24-23(28)18-8-3-4-9-22(18)34-24/h3-14H,1-2H3/b19-12+. The minimum Gasteiger partial charge on any atom is -0.493 e. The highest BCUT2D eigenvalue weighted by Gasteiger charge is 2.35. The van der Waals surface area contributed by atoms with Crippen LogP contribution in [-0.4, -0.2) is 26.0 Å². The molecule has 0 radical (unpaired) electrons. The first-order valence-corrected chi connectivity index (χ1v) is 12.3. The Bertz CT molecular complexity index is 1490. The molecule has 0 saturated heterocycles. The molecule has 3 aromatic carbocycles. The zero-order chi connectivity index (χ0) is 23.8. The number of benzene rings is 3. The number of hydrogen-bond acceptors (Lipinski definition) is 5. The Labute approximate surface area is 214 Å². The highest BCUT2D eigenvalue weighted by atomic mass is 79.9. The largest absolute Gasteiger partial charge is 0.493 e. The monoisotopic (exact) mass is 552 g/mol. The summed E-state index contributed by atoms with van der Waals surface area (Å²) >= 11 is 11.8. The second-order valence-electron chi connectivity index (χ2n) is 7.44. The van der Waals surface area contributed by atoms with E-state index in [2.05, 4.69) is 15.9 Å². The highest BCUT2D eigenvalue weighted by molar-refractivity contribution is 9.10. The van der Waals surface area contributed by atoms with Gasteiger partial charge in [-0.3, -0.25) is 9.69 Å². The van der Waals surface area contributed by atoms with Crippen LogP contribution in [0.2, 0.25) is 5.02 Å². The Kier molecular flexibility index (Phi) is 6.16. The molecule has 0 bridgehead atoms. The van der Waals surface area contributed by atoms with Crippen molar-refractivity contribution in [2.24, 2.45) is 4.99 Å². The average molecular weight is 554 g/mol.